The van der Waals surface area contributed by atoms with Crippen LogP contribution in [0.25, 0.3) is 0 Å². The van der Waals surface area contributed by atoms with E-state index in [0.717, 1.165) is 83.5 Å². The van der Waals surface area contributed by atoms with Crippen molar-refractivity contribution in [3.63, 3.8) is 0 Å². The predicted octanol–water partition coefficient (Wildman–Crippen LogP) is 17.4. The Bertz CT molecular complexity index is 1490. The van der Waals surface area contributed by atoms with Gasteiger partial charge in [0.1, 0.15) is 19.3 Å². The Balaban J connectivity index is 5.37. The number of nitrogens with zero attached hydrogens (tertiary/aromatic N) is 1. The molecule has 2 N–H and O–H groups in total. The molecule has 0 aromatic rings. The van der Waals surface area contributed by atoms with Crippen LogP contribution in [0.4, 0.5) is 0 Å². The van der Waals surface area contributed by atoms with Gasteiger partial charge in [-0.15, -0.1) is 0 Å². The van der Waals surface area contributed by atoms with Gasteiger partial charge in [0.15, 0.2) is 0 Å². The number of phosphoric ester groups is 1. The van der Waals surface area contributed by atoms with Crippen LogP contribution < -0.4 is 5.32 Å². The minimum Gasteiger partial charge on any atom is -0.456 e. The second-order valence-electron chi connectivity index (χ2n) is 20.5. The third-order valence-electron chi connectivity index (χ3n) is 12.3. The second kappa shape index (κ2) is 50.7. The summed E-state index contributed by atoms with van der Waals surface area (Å²) in [5, 5.41) is 3.00. The van der Waals surface area contributed by atoms with Crippen LogP contribution in [-0.4, -0.2) is 74.3 Å². The van der Waals surface area contributed by atoms with Gasteiger partial charge in [-0.25, -0.2) is 4.57 Å². The number of rotatable bonds is 51. The van der Waals surface area contributed by atoms with E-state index >= 15 is 0 Å². The van der Waals surface area contributed by atoms with Gasteiger partial charge in [-0.05, 0) is 96.0 Å². The summed E-state index contributed by atoms with van der Waals surface area (Å²) in [4.78, 5) is 37.5. The molecule has 0 aliphatic rings. The highest BCUT2D eigenvalue weighted by atomic mass is 31.2. The standard InChI is InChI=1S/C61H109N2O7P/c1-7-10-13-16-19-22-25-27-28-29-30-31-32-33-34-36-39-42-45-48-51-54-61(65)70-59(52-49-46-43-40-37-24-21-18-15-12-9-3)58(57-69-71(66,67)68-56-55-63(4,5)6)62-60(64)53-50-47-44-41-38-35-26-23-20-17-14-11-8-2/h19,22,27-28,30-31,33-35,38,44,47,49,52,58-59H,7-18,20-21,23-26,29,32,36-37,39-43,45-46,48,50-51,53-57H2,1-6H3,(H-,62,64,66,67)/p+1/b22-19-,28-27-,31-30-,34-33-,38-35-,47-44+,52-49-. The molecule has 0 bridgehead atoms. The summed E-state index contributed by atoms with van der Waals surface area (Å²) in [7, 11) is 1.44. The van der Waals surface area contributed by atoms with E-state index in [1.54, 1.807) is 0 Å². The van der Waals surface area contributed by atoms with Crippen LogP contribution in [0, 0.1) is 0 Å². The van der Waals surface area contributed by atoms with Crippen LogP contribution in [0.3, 0.4) is 0 Å². The Labute approximate surface area is 437 Å². The molecule has 71 heavy (non-hydrogen) atoms. The Morgan fingerprint density at radius 2 is 0.873 bits per heavy atom. The fraction of sp³-hybridized carbons (Fsp3) is 0.738. The van der Waals surface area contributed by atoms with Crippen molar-refractivity contribution in [2.45, 2.75) is 251 Å². The highest BCUT2D eigenvalue weighted by Gasteiger charge is 2.30. The number of hydrogen-bond acceptors (Lipinski definition) is 6. The average Bonchev–Trinajstić information content (AvgIpc) is 3.33. The van der Waals surface area contributed by atoms with Gasteiger partial charge in [-0.2, -0.15) is 0 Å². The zero-order chi connectivity index (χ0) is 52.2. The van der Waals surface area contributed by atoms with E-state index < -0.39 is 20.0 Å². The molecule has 0 aromatic carbocycles. The van der Waals surface area contributed by atoms with Crippen molar-refractivity contribution in [1.29, 1.82) is 0 Å². The van der Waals surface area contributed by atoms with Crippen LogP contribution >= 0.6 is 7.82 Å². The number of carbonyl (C=O) groups is 2. The normalized spacial score (nSPS) is 14.4. The fourth-order valence-corrected chi connectivity index (χ4v) is 8.53. The number of carbonyl (C=O) groups excluding carboxylic acids is 2. The number of hydrogen-bond donors (Lipinski definition) is 2. The molecule has 3 unspecified atom stereocenters. The lowest BCUT2D eigenvalue weighted by Gasteiger charge is -2.27. The summed E-state index contributed by atoms with van der Waals surface area (Å²) in [6.07, 6.45) is 66.0. The molecule has 0 aromatic heterocycles. The molecule has 1 amide bonds. The third-order valence-corrected chi connectivity index (χ3v) is 13.3. The molecular formula is C61H110N2O7P+. The predicted molar refractivity (Wildman–Crippen MR) is 304 cm³/mol. The first kappa shape index (κ1) is 68.2. The Hall–Kier alpha value is -2.81. The molecular weight excluding hydrogens is 904 g/mol. The SMILES string of the molecule is CCCCC/C=C\C/C=C\C/C=C\C/C=C\CCCCCCCC(=O)OC(/C=C\CCCCCCCCCCC)C(COP(=O)(O)OCC[N+](C)(C)C)NC(=O)CC/C=C/C/C=C\CCCCCCCC. The van der Waals surface area contributed by atoms with Crippen LogP contribution in [0.1, 0.15) is 239 Å². The first-order valence-corrected chi connectivity index (χ1v) is 30.4. The number of phosphoric acid groups is 1. The van der Waals surface area contributed by atoms with Gasteiger partial charge in [-0.1, -0.05) is 215 Å². The first-order chi connectivity index (χ1) is 34.4. The summed E-state index contributed by atoms with van der Waals surface area (Å²) >= 11 is 0. The summed E-state index contributed by atoms with van der Waals surface area (Å²) in [6.45, 7) is 6.89. The average molecular weight is 1010 g/mol. The Morgan fingerprint density at radius 1 is 0.493 bits per heavy atom. The van der Waals surface area contributed by atoms with Crippen LogP contribution in [0.5, 0.6) is 0 Å². The molecule has 0 saturated carbocycles. The van der Waals surface area contributed by atoms with Crippen molar-refractivity contribution in [3.8, 4) is 0 Å². The number of allylic oxidation sites excluding steroid dienone is 13. The van der Waals surface area contributed by atoms with E-state index in [1.165, 1.54) is 109 Å². The van der Waals surface area contributed by atoms with Gasteiger partial charge in [0.25, 0.3) is 0 Å². The van der Waals surface area contributed by atoms with E-state index in [0.29, 0.717) is 23.9 Å². The van der Waals surface area contributed by atoms with Crippen molar-refractivity contribution in [1.82, 2.24) is 5.32 Å². The highest BCUT2D eigenvalue weighted by Crippen LogP contribution is 2.43. The highest BCUT2D eigenvalue weighted by molar-refractivity contribution is 7.47. The number of likely N-dealkylation sites (N-methyl/N-ethyl adjacent to an activating group) is 1. The van der Waals surface area contributed by atoms with Gasteiger partial charge in [0.2, 0.25) is 5.91 Å². The van der Waals surface area contributed by atoms with Crippen molar-refractivity contribution < 1.29 is 37.3 Å². The van der Waals surface area contributed by atoms with Gasteiger partial charge in [-0.3, -0.25) is 18.6 Å². The molecule has 10 heteroatoms. The molecule has 0 heterocycles. The van der Waals surface area contributed by atoms with E-state index in [4.69, 9.17) is 13.8 Å². The Kier molecular flexibility index (Phi) is 48.7. The first-order valence-electron chi connectivity index (χ1n) is 28.9. The molecule has 9 nitrogen and oxygen atoms in total. The minimum atomic E-state index is -4.46. The number of nitrogens with one attached hydrogen (secondary N) is 1. The molecule has 0 rings (SSSR count). The summed E-state index contributed by atoms with van der Waals surface area (Å²) in [6, 6.07) is -0.889. The van der Waals surface area contributed by atoms with Gasteiger partial charge < -0.3 is 19.4 Å². The molecule has 0 saturated heterocycles. The van der Waals surface area contributed by atoms with Gasteiger partial charge in [0.05, 0.1) is 33.8 Å². The fourth-order valence-electron chi connectivity index (χ4n) is 7.80. The zero-order valence-corrected chi connectivity index (χ0v) is 47.6. The second-order valence-corrected chi connectivity index (χ2v) is 21.9. The van der Waals surface area contributed by atoms with Crippen LogP contribution in [0.2, 0.25) is 0 Å². The van der Waals surface area contributed by atoms with E-state index in [1.807, 2.05) is 39.4 Å². The molecule has 0 spiro atoms. The maximum Gasteiger partial charge on any atom is 0.472 e. The van der Waals surface area contributed by atoms with E-state index in [2.05, 4.69) is 92.9 Å². The lowest BCUT2D eigenvalue weighted by molar-refractivity contribution is -0.870. The van der Waals surface area contributed by atoms with Crippen molar-refractivity contribution >= 4 is 19.7 Å². The number of unbranched alkanes of at least 4 members (excludes halogenated alkanes) is 23. The lowest BCUT2D eigenvalue weighted by Crippen LogP contribution is -2.47. The number of amides is 1. The number of quaternary nitrogens is 1. The molecule has 410 valence electrons. The largest absolute Gasteiger partial charge is 0.472 e. The topological polar surface area (TPSA) is 111 Å². The molecule has 0 aliphatic heterocycles. The molecule has 3 atom stereocenters. The van der Waals surface area contributed by atoms with Crippen molar-refractivity contribution in [2.75, 3.05) is 40.9 Å². The molecule has 0 fully saturated rings. The third kappa shape index (κ3) is 51.9. The van der Waals surface area contributed by atoms with Crippen LogP contribution in [0.15, 0.2) is 85.1 Å². The molecule has 0 radical (unpaired) electrons. The van der Waals surface area contributed by atoms with Crippen molar-refractivity contribution in [2.24, 2.45) is 0 Å². The van der Waals surface area contributed by atoms with Crippen molar-refractivity contribution in [3.05, 3.63) is 85.1 Å². The summed E-state index contributed by atoms with van der Waals surface area (Å²) in [5.41, 5.74) is 0. The minimum absolute atomic E-state index is 0.0243. The summed E-state index contributed by atoms with van der Waals surface area (Å²) < 4.78 is 30.5. The number of esters is 1. The number of ether oxygens (including phenoxy) is 1. The Morgan fingerprint density at radius 3 is 1.34 bits per heavy atom. The maximum absolute atomic E-state index is 13.4. The zero-order valence-electron chi connectivity index (χ0n) is 46.7. The van der Waals surface area contributed by atoms with E-state index in [-0.39, 0.29) is 37.9 Å². The molecule has 0 aliphatic carbocycles. The van der Waals surface area contributed by atoms with Gasteiger partial charge >= 0.3 is 13.8 Å². The van der Waals surface area contributed by atoms with Gasteiger partial charge in [0, 0.05) is 12.8 Å². The summed E-state index contributed by atoms with van der Waals surface area (Å²) in [5.74, 6) is -0.609. The monoisotopic (exact) mass is 1010 g/mol. The smallest absolute Gasteiger partial charge is 0.456 e. The van der Waals surface area contributed by atoms with E-state index in [9.17, 15) is 19.0 Å². The maximum atomic E-state index is 13.4. The lowest BCUT2D eigenvalue weighted by atomic mass is 10.1. The van der Waals surface area contributed by atoms with Crippen LogP contribution in [-0.2, 0) is 27.9 Å². The quantitative estimate of drug-likeness (QED) is 0.0205.